The molecule has 2 aliphatic heterocycles. The van der Waals surface area contributed by atoms with Crippen LogP contribution in [0, 0.1) is 17.3 Å². The van der Waals surface area contributed by atoms with Crippen LogP contribution in [0.5, 0.6) is 0 Å². The molecule has 3 N–H and O–H groups in total. The van der Waals surface area contributed by atoms with Gasteiger partial charge in [-0.3, -0.25) is 4.79 Å². The van der Waals surface area contributed by atoms with Crippen molar-refractivity contribution < 1.29 is 24.5 Å². The Balaban J connectivity index is 1.55. The second kappa shape index (κ2) is 6.64. The SMILES string of the molecule is CO[C@]12CC[C@@H](NCCC(=O)O)[C@@H]3OC4C(O)CCC5CC1N(C)CC[C@]32C54. The number of likely N-dealkylation sites (N-methyl/N-ethyl adjacent to an activating group) is 1. The number of aliphatic hydroxyl groups is 1. The largest absolute Gasteiger partial charge is 0.481 e. The van der Waals surface area contributed by atoms with E-state index in [1.54, 1.807) is 0 Å². The average Bonchev–Trinajstić information content (AvgIpc) is 3.03. The van der Waals surface area contributed by atoms with Gasteiger partial charge in [0.2, 0.25) is 0 Å². The molecule has 7 nitrogen and oxygen atoms in total. The van der Waals surface area contributed by atoms with E-state index in [1.807, 2.05) is 7.11 Å². The first-order valence-corrected chi connectivity index (χ1v) is 11.0. The maximum atomic E-state index is 11.0. The number of carbonyl (C=O) groups is 1. The van der Waals surface area contributed by atoms with Crippen molar-refractivity contribution in [2.45, 2.75) is 80.9 Å². The van der Waals surface area contributed by atoms with Crippen molar-refractivity contribution in [2.75, 3.05) is 27.2 Å². The molecule has 158 valence electrons. The highest BCUT2D eigenvalue weighted by Gasteiger charge is 2.77. The van der Waals surface area contributed by atoms with E-state index in [2.05, 4.69) is 17.3 Å². The summed E-state index contributed by atoms with van der Waals surface area (Å²) in [6.45, 7) is 1.49. The highest BCUT2D eigenvalue weighted by atomic mass is 16.5. The maximum absolute atomic E-state index is 11.0. The van der Waals surface area contributed by atoms with Gasteiger partial charge >= 0.3 is 5.97 Å². The van der Waals surface area contributed by atoms with E-state index in [1.165, 1.54) is 0 Å². The van der Waals surface area contributed by atoms with Crippen LogP contribution < -0.4 is 5.32 Å². The predicted octanol–water partition coefficient (Wildman–Crippen LogP) is 0.847. The summed E-state index contributed by atoms with van der Waals surface area (Å²) in [7, 11) is 4.10. The molecule has 0 aromatic rings. The molecular formula is C21H34N2O5. The van der Waals surface area contributed by atoms with E-state index in [0.717, 1.165) is 45.1 Å². The molecule has 5 fully saturated rings. The fourth-order valence-corrected chi connectivity index (χ4v) is 8.13. The standard InChI is InChI=1S/C21H34N2O5/c1-23-10-8-20-17-12-3-4-14(24)18(17)28-19(20)13(22-9-6-16(25)26)5-7-21(20,27-2)15(23)11-12/h12-15,17-19,22,24H,3-11H2,1-2H3,(H,25,26)/t12?,13-,14?,15?,17?,18?,19+,20+,21-/m1/s1. The third kappa shape index (κ3) is 2.31. The van der Waals surface area contributed by atoms with Crippen LogP contribution in [0.1, 0.15) is 44.9 Å². The molecule has 5 aliphatic rings. The fraction of sp³-hybridized carbons (Fsp3) is 0.952. The van der Waals surface area contributed by atoms with Crippen LogP contribution in [-0.2, 0) is 14.3 Å². The summed E-state index contributed by atoms with van der Waals surface area (Å²) < 4.78 is 13.2. The average molecular weight is 395 g/mol. The van der Waals surface area contributed by atoms with Crippen molar-refractivity contribution in [1.82, 2.24) is 10.2 Å². The molecule has 0 aromatic heterocycles. The summed E-state index contributed by atoms with van der Waals surface area (Å²) in [5, 5.41) is 23.4. The summed E-state index contributed by atoms with van der Waals surface area (Å²) in [4.78, 5) is 13.5. The van der Waals surface area contributed by atoms with Crippen molar-refractivity contribution in [3.05, 3.63) is 0 Å². The van der Waals surface area contributed by atoms with E-state index in [9.17, 15) is 9.90 Å². The van der Waals surface area contributed by atoms with Gasteiger partial charge in [-0.2, -0.15) is 0 Å². The summed E-state index contributed by atoms with van der Waals surface area (Å²) in [6.07, 6.45) is 5.54. The van der Waals surface area contributed by atoms with Gasteiger partial charge in [0.1, 0.15) is 0 Å². The van der Waals surface area contributed by atoms with Crippen molar-refractivity contribution in [1.29, 1.82) is 0 Å². The predicted molar refractivity (Wildman–Crippen MR) is 102 cm³/mol. The normalized spacial score (nSPS) is 52.3. The maximum Gasteiger partial charge on any atom is 0.304 e. The second-order valence-corrected chi connectivity index (χ2v) is 9.81. The van der Waals surface area contributed by atoms with Gasteiger partial charge in [0, 0.05) is 37.1 Å². The van der Waals surface area contributed by atoms with Crippen molar-refractivity contribution in [2.24, 2.45) is 17.3 Å². The van der Waals surface area contributed by atoms with Gasteiger partial charge in [0.15, 0.2) is 0 Å². The van der Waals surface area contributed by atoms with Gasteiger partial charge < -0.3 is 29.9 Å². The number of aliphatic carboxylic acids is 1. The number of nitrogens with one attached hydrogen (secondary N) is 1. The first-order chi connectivity index (χ1) is 13.4. The number of likely N-dealkylation sites (tertiary alicyclic amines) is 1. The van der Waals surface area contributed by atoms with Gasteiger partial charge in [0.25, 0.3) is 0 Å². The number of hydrogen-bond donors (Lipinski definition) is 3. The Bertz CT molecular complexity index is 646. The van der Waals surface area contributed by atoms with Crippen molar-refractivity contribution >= 4 is 5.97 Å². The molecule has 1 spiro atoms. The molecule has 0 aromatic carbocycles. The zero-order valence-corrected chi connectivity index (χ0v) is 17.0. The van der Waals surface area contributed by atoms with Crippen LogP contribution in [-0.4, -0.2) is 84.3 Å². The van der Waals surface area contributed by atoms with Gasteiger partial charge in [0.05, 0.1) is 30.3 Å². The monoisotopic (exact) mass is 394 g/mol. The quantitative estimate of drug-likeness (QED) is 0.637. The number of aliphatic hydroxyl groups excluding tert-OH is 1. The Morgan fingerprint density at radius 1 is 1.32 bits per heavy atom. The van der Waals surface area contributed by atoms with Crippen LogP contribution in [0.25, 0.3) is 0 Å². The smallest absolute Gasteiger partial charge is 0.304 e. The lowest BCUT2D eigenvalue weighted by Crippen LogP contribution is -2.78. The number of piperidine rings is 1. The lowest BCUT2D eigenvalue weighted by Gasteiger charge is -2.69. The lowest BCUT2D eigenvalue weighted by atomic mass is 9.42. The lowest BCUT2D eigenvalue weighted by molar-refractivity contribution is -0.269. The summed E-state index contributed by atoms with van der Waals surface area (Å²) in [6, 6.07) is 0.524. The third-order valence-corrected chi connectivity index (χ3v) is 9.04. The number of methoxy groups -OCH3 is 1. The summed E-state index contributed by atoms with van der Waals surface area (Å²) in [5.74, 6) is 0.142. The van der Waals surface area contributed by atoms with Gasteiger partial charge in [-0.25, -0.2) is 0 Å². The number of carboxylic acid groups (broad SMARTS) is 1. The van der Waals surface area contributed by atoms with E-state index in [-0.39, 0.29) is 35.7 Å². The number of carboxylic acids is 1. The summed E-state index contributed by atoms with van der Waals surface area (Å²) >= 11 is 0. The van der Waals surface area contributed by atoms with Crippen LogP contribution in [0.2, 0.25) is 0 Å². The fourth-order valence-electron chi connectivity index (χ4n) is 8.13. The minimum atomic E-state index is -0.777. The molecule has 0 radical (unpaired) electrons. The molecule has 3 saturated carbocycles. The van der Waals surface area contributed by atoms with Gasteiger partial charge in [-0.1, -0.05) is 0 Å². The molecule has 2 bridgehead atoms. The molecule has 3 aliphatic carbocycles. The first-order valence-electron chi connectivity index (χ1n) is 11.0. The third-order valence-electron chi connectivity index (χ3n) is 9.04. The number of nitrogens with zero attached hydrogens (tertiary/aromatic N) is 1. The molecule has 5 unspecified atom stereocenters. The van der Waals surface area contributed by atoms with E-state index < -0.39 is 12.1 Å². The minimum absolute atomic E-state index is 0.0169. The van der Waals surface area contributed by atoms with E-state index >= 15 is 0 Å². The Morgan fingerprint density at radius 2 is 2.14 bits per heavy atom. The second-order valence-electron chi connectivity index (χ2n) is 9.81. The molecule has 2 heterocycles. The Morgan fingerprint density at radius 3 is 2.89 bits per heavy atom. The van der Waals surface area contributed by atoms with Crippen molar-refractivity contribution in [3.63, 3.8) is 0 Å². The van der Waals surface area contributed by atoms with Crippen LogP contribution >= 0.6 is 0 Å². The zero-order valence-electron chi connectivity index (χ0n) is 17.0. The molecule has 5 rings (SSSR count). The Hall–Kier alpha value is -0.730. The number of rotatable bonds is 5. The Kier molecular flexibility index (Phi) is 4.56. The number of hydrogen-bond acceptors (Lipinski definition) is 6. The van der Waals surface area contributed by atoms with Crippen LogP contribution in [0.4, 0.5) is 0 Å². The summed E-state index contributed by atoms with van der Waals surface area (Å²) in [5.41, 5.74) is -0.324. The van der Waals surface area contributed by atoms with Gasteiger partial charge in [-0.05, 0) is 58.0 Å². The van der Waals surface area contributed by atoms with Crippen LogP contribution in [0.3, 0.4) is 0 Å². The molecule has 7 heteroatoms. The molecular weight excluding hydrogens is 360 g/mol. The van der Waals surface area contributed by atoms with E-state index in [0.29, 0.717) is 24.4 Å². The molecule has 2 saturated heterocycles. The van der Waals surface area contributed by atoms with Crippen LogP contribution in [0.15, 0.2) is 0 Å². The molecule has 0 amide bonds. The Labute approximate surface area is 166 Å². The highest BCUT2D eigenvalue weighted by molar-refractivity contribution is 5.66. The minimum Gasteiger partial charge on any atom is -0.481 e. The highest BCUT2D eigenvalue weighted by Crippen LogP contribution is 2.70. The first kappa shape index (κ1) is 19.2. The van der Waals surface area contributed by atoms with E-state index in [4.69, 9.17) is 14.6 Å². The topological polar surface area (TPSA) is 91.3 Å². The number of ether oxygens (including phenoxy) is 2. The van der Waals surface area contributed by atoms with Gasteiger partial charge in [-0.15, -0.1) is 0 Å². The van der Waals surface area contributed by atoms with Crippen molar-refractivity contribution in [3.8, 4) is 0 Å². The molecule has 9 atom stereocenters. The molecule has 28 heavy (non-hydrogen) atoms. The zero-order chi connectivity index (χ0) is 19.7.